The van der Waals surface area contributed by atoms with Gasteiger partial charge in [-0.15, -0.1) is 0 Å². The summed E-state index contributed by atoms with van der Waals surface area (Å²) < 4.78 is 0. The van der Waals surface area contributed by atoms with E-state index in [0.717, 1.165) is 25.2 Å². The highest BCUT2D eigenvalue weighted by atomic mass is 16.1. The zero-order valence-electron chi connectivity index (χ0n) is 8.13. The van der Waals surface area contributed by atoms with Gasteiger partial charge in [0, 0.05) is 19.7 Å². The van der Waals surface area contributed by atoms with Gasteiger partial charge in [-0.05, 0) is 24.1 Å². The highest BCUT2D eigenvalue weighted by Gasteiger charge is 2.13. The molecule has 0 fully saturated rings. The third-order valence-corrected chi connectivity index (χ3v) is 2.32. The van der Waals surface area contributed by atoms with Crippen LogP contribution in [0.2, 0.25) is 0 Å². The Bertz CT molecular complexity index is 362. The maximum atomic E-state index is 10.9. The minimum atomic E-state index is -0.0428. The first kappa shape index (κ1) is 9.15. The smallest absolute Gasteiger partial charge is 0.221 e. The number of amides is 1. The minimum Gasteiger partial charge on any atom is -0.325 e. The van der Waals surface area contributed by atoms with E-state index in [2.05, 4.69) is 15.6 Å². The molecular weight excluding hydrogens is 178 g/mol. The van der Waals surface area contributed by atoms with Crippen molar-refractivity contribution >= 4 is 11.6 Å². The molecule has 1 aliphatic heterocycles. The average molecular weight is 191 g/mol. The van der Waals surface area contributed by atoms with Crippen molar-refractivity contribution in [2.75, 3.05) is 11.9 Å². The zero-order valence-corrected chi connectivity index (χ0v) is 8.13. The van der Waals surface area contributed by atoms with Crippen molar-refractivity contribution < 1.29 is 4.79 Å². The molecule has 0 saturated carbocycles. The van der Waals surface area contributed by atoms with Crippen LogP contribution in [0.5, 0.6) is 0 Å². The summed E-state index contributed by atoms with van der Waals surface area (Å²) in [6.07, 6.45) is 4.52. The van der Waals surface area contributed by atoms with E-state index < -0.39 is 0 Å². The molecule has 0 spiro atoms. The van der Waals surface area contributed by atoms with Crippen LogP contribution in [-0.2, 0) is 17.8 Å². The van der Waals surface area contributed by atoms with E-state index in [1.165, 1.54) is 18.1 Å². The molecule has 2 heterocycles. The van der Waals surface area contributed by atoms with Crippen LogP contribution < -0.4 is 10.6 Å². The topological polar surface area (TPSA) is 54.0 Å². The standard InChI is InChI=1S/C10H13N3O/c1-7(14)13-10-6-12-5-8-4-11-3-2-9(8)10/h5-6,11H,2-4H2,1H3,(H,13,14). The molecule has 0 bridgehead atoms. The molecule has 0 saturated heterocycles. The molecule has 0 atom stereocenters. The summed E-state index contributed by atoms with van der Waals surface area (Å²) >= 11 is 0. The molecule has 1 aromatic heterocycles. The lowest BCUT2D eigenvalue weighted by Gasteiger charge is -2.19. The van der Waals surface area contributed by atoms with E-state index in [9.17, 15) is 4.79 Å². The second kappa shape index (κ2) is 3.75. The van der Waals surface area contributed by atoms with Gasteiger partial charge >= 0.3 is 0 Å². The first-order valence-electron chi connectivity index (χ1n) is 4.71. The van der Waals surface area contributed by atoms with Crippen molar-refractivity contribution in [3.8, 4) is 0 Å². The van der Waals surface area contributed by atoms with E-state index in [0.29, 0.717) is 0 Å². The van der Waals surface area contributed by atoms with Crippen LogP contribution in [0.15, 0.2) is 12.4 Å². The molecule has 4 heteroatoms. The van der Waals surface area contributed by atoms with Crippen LogP contribution in [0.1, 0.15) is 18.1 Å². The molecule has 1 amide bonds. The molecule has 0 aromatic carbocycles. The van der Waals surface area contributed by atoms with Crippen molar-refractivity contribution in [2.45, 2.75) is 19.9 Å². The number of anilines is 1. The fourth-order valence-corrected chi connectivity index (χ4v) is 1.71. The molecule has 74 valence electrons. The van der Waals surface area contributed by atoms with E-state index in [1.54, 1.807) is 6.20 Å². The Balaban J connectivity index is 2.35. The first-order valence-corrected chi connectivity index (χ1v) is 4.71. The van der Waals surface area contributed by atoms with Gasteiger partial charge in [-0.25, -0.2) is 0 Å². The molecular formula is C10H13N3O. The maximum Gasteiger partial charge on any atom is 0.221 e. The Labute approximate surface area is 82.7 Å². The Hall–Kier alpha value is -1.42. The van der Waals surface area contributed by atoms with Crippen LogP contribution in [0.3, 0.4) is 0 Å². The van der Waals surface area contributed by atoms with Gasteiger partial charge in [0.1, 0.15) is 0 Å². The third-order valence-electron chi connectivity index (χ3n) is 2.32. The van der Waals surface area contributed by atoms with Gasteiger partial charge in [0.15, 0.2) is 0 Å². The third kappa shape index (κ3) is 1.75. The number of hydrogen-bond donors (Lipinski definition) is 2. The number of carbonyl (C=O) groups excluding carboxylic acids is 1. The largest absolute Gasteiger partial charge is 0.325 e. The Morgan fingerprint density at radius 1 is 1.57 bits per heavy atom. The Kier molecular flexibility index (Phi) is 2.45. The van der Waals surface area contributed by atoms with Crippen LogP contribution in [-0.4, -0.2) is 17.4 Å². The monoisotopic (exact) mass is 191 g/mol. The summed E-state index contributed by atoms with van der Waals surface area (Å²) in [5.74, 6) is -0.0428. The van der Waals surface area contributed by atoms with E-state index >= 15 is 0 Å². The number of pyridine rings is 1. The van der Waals surface area contributed by atoms with Gasteiger partial charge in [0.25, 0.3) is 0 Å². The van der Waals surface area contributed by atoms with E-state index in [-0.39, 0.29) is 5.91 Å². The normalized spacial score (nSPS) is 14.6. The molecule has 1 aromatic rings. The van der Waals surface area contributed by atoms with Crippen molar-refractivity contribution in [1.82, 2.24) is 10.3 Å². The van der Waals surface area contributed by atoms with Crippen LogP contribution in [0, 0.1) is 0 Å². The van der Waals surface area contributed by atoms with Gasteiger partial charge < -0.3 is 10.6 Å². The number of nitrogens with one attached hydrogen (secondary N) is 2. The van der Waals surface area contributed by atoms with Gasteiger partial charge in [0.05, 0.1) is 11.9 Å². The number of nitrogens with zero attached hydrogens (tertiary/aromatic N) is 1. The van der Waals surface area contributed by atoms with Gasteiger partial charge in [-0.2, -0.15) is 0 Å². The fourth-order valence-electron chi connectivity index (χ4n) is 1.71. The average Bonchev–Trinajstić information content (AvgIpc) is 2.18. The van der Waals surface area contributed by atoms with Crippen molar-refractivity contribution in [1.29, 1.82) is 0 Å². The second-order valence-electron chi connectivity index (χ2n) is 3.43. The van der Waals surface area contributed by atoms with Gasteiger partial charge in [0.2, 0.25) is 5.91 Å². The highest BCUT2D eigenvalue weighted by Crippen LogP contribution is 2.21. The van der Waals surface area contributed by atoms with E-state index in [4.69, 9.17) is 0 Å². The summed E-state index contributed by atoms with van der Waals surface area (Å²) in [4.78, 5) is 15.0. The first-order chi connectivity index (χ1) is 6.77. The molecule has 4 nitrogen and oxygen atoms in total. The predicted octanol–water partition coefficient (Wildman–Crippen LogP) is 0.686. The van der Waals surface area contributed by atoms with Crippen LogP contribution in [0.4, 0.5) is 5.69 Å². The summed E-state index contributed by atoms with van der Waals surface area (Å²) in [6.45, 7) is 3.32. The van der Waals surface area contributed by atoms with Crippen LogP contribution in [0.25, 0.3) is 0 Å². The summed E-state index contributed by atoms with van der Waals surface area (Å²) in [7, 11) is 0. The molecule has 0 unspecified atom stereocenters. The quantitative estimate of drug-likeness (QED) is 0.686. The van der Waals surface area contributed by atoms with Crippen molar-refractivity contribution in [3.63, 3.8) is 0 Å². The lowest BCUT2D eigenvalue weighted by molar-refractivity contribution is -0.114. The van der Waals surface area contributed by atoms with Crippen molar-refractivity contribution in [3.05, 3.63) is 23.5 Å². The maximum absolute atomic E-state index is 10.9. The number of fused-ring (bicyclic) bond motifs is 1. The number of carbonyl (C=O) groups is 1. The molecule has 14 heavy (non-hydrogen) atoms. The predicted molar refractivity (Wildman–Crippen MR) is 54.0 cm³/mol. The SMILES string of the molecule is CC(=O)Nc1cncc2c1CCNC2. The summed E-state index contributed by atoms with van der Waals surface area (Å²) in [5, 5.41) is 6.07. The van der Waals surface area contributed by atoms with Crippen molar-refractivity contribution in [2.24, 2.45) is 0 Å². The zero-order chi connectivity index (χ0) is 9.97. The van der Waals surface area contributed by atoms with Gasteiger partial charge in [-0.1, -0.05) is 0 Å². The summed E-state index contributed by atoms with van der Waals surface area (Å²) in [5.41, 5.74) is 3.26. The molecule has 0 radical (unpaired) electrons. The second-order valence-corrected chi connectivity index (χ2v) is 3.43. The fraction of sp³-hybridized carbons (Fsp3) is 0.400. The van der Waals surface area contributed by atoms with Crippen LogP contribution >= 0.6 is 0 Å². The Morgan fingerprint density at radius 3 is 3.21 bits per heavy atom. The number of rotatable bonds is 1. The minimum absolute atomic E-state index is 0.0428. The molecule has 2 rings (SSSR count). The number of hydrogen-bond acceptors (Lipinski definition) is 3. The molecule has 0 aliphatic carbocycles. The number of aromatic nitrogens is 1. The Morgan fingerprint density at radius 2 is 2.43 bits per heavy atom. The molecule has 1 aliphatic rings. The highest BCUT2D eigenvalue weighted by molar-refractivity contribution is 5.89. The lowest BCUT2D eigenvalue weighted by atomic mass is 10.0. The summed E-state index contributed by atoms with van der Waals surface area (Å²) in [6, 6.07) is 0. The van der Waals surface area contributed by atoms with Gasteiger partial charge in [-0.3, -0.25) is 9.78 Å². The van der Waals surface area contributed by atoms with E-state index in [1.807, 2.05) is 6.20 Å². The lowest BCUT2D eigenvalue weighted by Crippen LogP contribution is -2.25. The molecule has 2 N–H and O–H groups in total.